The largest absolute Gasteiger partial charge is 0.478 e. The lowest BCUT2D eigenvalue weighted by atomic mass is 9.58. The lowest BCUT2D eigenvalue weighted by Crippen LogP contribution is -2.50. The first-order valence-corrected chi connectivity index (χ1v) is 18.1. The number of carbonyl (C=O) groups excluding carboxylic acids is 3. The first kappa shape index (κ1) is 34.0. The van der Waals surface area contributed by atoms with Crippen molar-refractivity contribution in [2.24, 2.45) is 0 Å². The van der Waals surface area contributed by atoms with Gasteiger partial charge in [-0.05, 0) is 122 Å². The molecule has 2 saturated heterocycles. The summed E-state index contributed by atoms with van der Waals surface area (Å²) in [6.07, 6.45) is 12.2. The van der Waals surface area contributed by atoms with Gasteiger partial charge in [0.05, 0.1) is 11.1 Å². The number of hydrogen-bond donors (Lipinski definition) is 1. The highest BCUT2D eigenvalue weighted by atomic mass is 16.7. The van der Waals surface area contributed by atoms with Gasteiger partial charge in [-0.2, -0.15) is 0 Å². The average Bonchev–Trinajstić information content (AvgIpc) is 3.40. The molecule has 0 saturated carbocycles. The second-order valence-electron chi connectivity index (χ2n) is 15.0. The molecule has 2 aliphatic carbocycles. The number of allylic oxidation sites excluding steroid dienone is 3. The van der Waals surface area contributed by atoms with Crippen LogP contribution in [0.3, 0.4) is 0 Å². The molecule has 5 aliphatic rings. The molecule has 0 radical (unpaired) electrons. The quantitative estimate of drug-likeness (QED) is 0.230. The Kier molecular flexibility index (Phi) is 8.83. The number of carboxylic acids is 1. The van der Waals surface area contributed by atoms with Gasteiger partial charge in [-0.25, -0.2) is 9.59 Å². The molecule has 9 heteroatoms. The van der Waals surface area contributed by atoms with Crippen LogP contribution in [0.1, 0.15) is 111 Å². The molecule has 0 aromatic heterocycles. The third-order valence-corrected chi connectivity index (χ3v) is 11.9. The molecule has 0 bridgehead atoms. The molecule has 3 heterocycles. The molecule has 2 aromatic carbocycles. The Bertz CT molecular complexity index is 1870. The van der Waals surface area contributed by atoms with Crippen molar-refractivity contribution in [1.29, 1.82) is 0 Å². The molecule has 3 aliphatic heterocycles. The molecular formula is C41H47N3O6. The van der Waals surface area contributed by atoms with Gasteiger partial charge in [-0.1, -0.05) is 50.1 Å². The molecule has 262 valence electrons. The van der Waals surface area contributed by atoms with E-state index in [-0.39, 0.29) is 24.8 Å². The Labute approximate surface area is 294 Å². The fraction of sp³-hybridized carbons (Fsp3) is 0.463. The maximum absolute atomic E-state index is 12.7. The summed E-state index contributed by atoms with van der Waals surface area (Å²) in [6, 6.07) is 12.1. The van der Waals surface area contributed by atoms with Crippen LogP contribution >= 0.6 is 0 Å². The van der Waals surface area contributed by atoms with Gasteiger partial charge in [-0.3, -0.25) is 14.5 Å². The Balaban J connectivity index is 1.30. The fourth-order valence-electron chi connectivity index (χ4n) is 8.88. The molecule has 2 aromatic rings. The molecule has 9 nitrogen and oxygen atoms in total. The zero-order valence-corrected chi connectivity index (χ0v) is 29.6. The molecule has 50 heavy (non-hydrogen) atoms. The van der Waals surface area contributed by atoms with Gasteiger partial charge >= 0.3 is 11.9 Å². The Morgan fingerprint density at radius 2 is 1.64 bits per heavy atom. The number of carbonyl (C=O) groups is 4. The second kappa shape index (κ2) is 13.0. The maximum atomic E-state index is 12.7. The minimum Gasteiger partial charge on any atom is -0.478 e. The molecule has 2 atom stereocenters. The smallest absolute Gasteiger partial charge is 0.336 e. The van der Waals surface area contributed by atoms with E-state index in [0.717, 1.165) is 80.3 Å². The van der Waals surface area contributed by atoms with E-state index in [4.69, 9.17) is 4.84 Å². The van der Waals surface area contributed by atoms with E-state index < -0.39 is 29.2 Å². The molecule has 2 amide bonds. The van der Waals surface area contributed by atoms with Crippen molar-refractivity contribution in [3.05, 3.63) is 93.1 Å². The van der Waals surface area contributed by atoms with Gasteiger partial charge in [0.15, 0.2) is 0 Å². The van der Waals surface area contributed by atoms with E-state index in [1.165, 1.54) is 28.0 Å². The van der Waals surface area contributed by atoms with E-state index in [9.17, 15) is 24.3 Å². The minimum atomic E-state index is -0.936. The van der Waals surface area contributed by atoms with Crippen molar-refractivity contribution < 1.29 is 29.1 Å². The second-order valence-corrected chi connectivity index (χ2v) is 15.0. The number of rotatable bonds is 9. The molecule has 1 N–H and O–H groups in total. The van der Waals surface area contributed by atoms with Gasteiger partial charge in [0, 0.05) is 44.0 Å². The van der Waals surface area contributed by atoms with Gasteiger partial charge in [0.25, 0.3) is 11.8 Å². The summed E-state index contributed by atoms with van der Waals surface area (Å²) < 4.78 is 0. The van der Waals surface area contributed by atoms with Crippen molar-refractivity contribution in [2.75, 3.05) is 32.1 Å². The number of hydroxylamine groups is 2. The topological polar surface area (TPSA) is 107 Å². The van der Waals surface area contributed by atoms with Crippen LogP contribution in [0, 0.1) is 0 Å². The molecular weight excluding hydrogens is 630 g/mol. The van der Waals surface area contributed by atoms with Crippen LogP contribution in [-0.2, 0) is 31.1 Å². The first-order valence-electron chi connectivity index (χ1n) is 18.1. The van der Waals surface area contributed by atoms with Gasteiger partial charge in [0.2, 0.25) is 0 Å². The number of fused-ring (bicyclic) bond motifs is 4. The van der Waals surface area contributed by atoms with Crippen molar-refractivity contribution in [2.45, 2.75) is 95.4 Å². The lowest BCUT2D eigenvalue weighted by molar-refractivity contribution is -0.197. The summed E-state index contributed by atoms with van der Waals surface area (Å²) in [6.45, 7) is 6.64. The number of anilines is 1. The summed E-state index contributed by atoms with van der Waals surface area (Å²) in [5, 5.41) is 11.0. The SMILES string of the molecule is CN1CCCc2cc3c(cc21)C(C)(CCCCCC(=O)ON1C(=O)CCC1=O)C1=CC2(C)C(=CC1=C3c1ccccc1C(=O)O)CCCN2C. The number of aromatic carboxylic acids is 1. The normalized spacial score (nSPS) is 24.6. The fourth-order valence-corrected chi connectivity index (χ4v) is 8.88. The lowest BCUT2D eigenvalue weighted by Gasteiger charge is -2.50. The third kappa shape index (κ3) is 5.69. The number of carboxylic acid groups (broad SMARTS) is 1. The first-order chi connectivity index (χ1) is 23.9. The number of unbranched alkanes of at least 4 members (excludes halogenated alkanes) is 2. The van der Waals surface area contributed by atoms with Gasteiger partial charge < -0.3 is 14.8 Å². The number of amides is 2. The summed E-state index contributed by atoms with van der Waals surface area (Å²) in [4.78, 5) is 59.0. The van der Waals surface area contributed by atoms with Crippen LogP contribution in [0.25, 0.3) is 5.57 Å². The van der Waals surface area contributed by atoms with Crippen molar-refractivity contribution in [1.82, 2.24) is 9.96 Å². The Morgan fingerprint density at radius 3 is 2.40 bits per heavy atom. The highest BCUT2D eigenvalue weighted by molar-refractivity contribution is 6.02. The average molecular weight is 678 g/mol. The number of nitrogens with zero attached hydrogens (tertiary/aromatic N) is 3. The van der Waals surface area contributed by atoms with Crippen LogP contribution in [0.15, 0.2) is 65.3 Å². The van der Waals surface area contributed by atoms with Crippen LogP contribution in [0.4, 0.5) is 5.69 Å². The number of likely N-dealkylation sites (tertiary alicyclic amines) is 1. The number of aryl methyl sites for hydroxylation is 1. The van der Waals surface area contributed by atoms with Crippen molar-refractivity contribution in [3.8, 4) is 0 Å². The molecule has 0 spiro atoms. The van der Waals surface area contributed by atoms with Crippen molar-refractivity contribution in [3.63, 3.8) is 0 Å². The van der Waals surface area contributed by atoms with Gasteiger partial charge in [0.1, 0.15) is 0 Å². The summed E-state index contributed by atoms with van der Waals surface area (Å²) in [5.74, 6) is -2.44. The van der Waals surface area contributed by atoms with Crippen LogP contribution < -0.4 is 4.90 Å². The molecule has 2 unspecified atom stereocenters. The number of likely N-dealkylation sites (N-methyl/N-ethyl adjacent to an activating group) is 1. The minimum absolute atomic E-state index is 0.0760. The summed E-state index contributed by atoms with van der Waals surface area (Å²) in [7, 11) is 4.35. The van der Waals surface area contributed by atoms with E-state index in [1.807, 2.05) is 12.1 Å². The highest BCUT2D eigenvalue weighted by Gasteiger charge is 2.47. The number of benzene rings is 2. The number of piperidine rings is 1. The number of imide groups is 1. The Morgan fingerprint density at radius 1 is 0.900 bits per heavy atom. The predicted molar refractivity (Wildman–Crippen MR) is 192 cm³/mol. The van der Waals surface area contributed by atoms with E-state index in [0.29, 0.717) is 17.0 Å². The van der Waals surface area contributed by atoms with E-state index >= 15 is 0 Å². The van der Waals surface area contributed by atoms with Crippen LogP contribution in [0.2, 0.25) is 0 Å². The van der Waals surface area contributed by atoms with Gasteiger partial charge in [-0.15, -0.1) is 5.06 Å². The molecule has 2 fully saturated rings. The van der Waals surface area contributed by atoms with Crippen LogP contribution in [-0.4, -0.2) is 71.5 Å². The molecule has 7 rings (SSSR count). The van der Waals surface area contributed by atoms with Crippen molar-refractivity contribution >= 4 is 35.0 Å². The maximum Gasteiger partial charge on any atom is 0.336 e. The Hall–Kier alpha value is -4.50. The van der Waals surface area contributed by atoms with E-state index in [1.54, 1.807) is 12.1 Å². The zero-order chi connectivity index (χ0) is 35.4. The number of hydrogen-bond acceptors (Lipinski definition) is 7. The predicted octanol–water partition coefficient (Wildman–Crippen LogP) is 6.75. The summed E-state index contributed by atoms with van der Waals surface area (Å²) in [5.41, 5.74) is 9.92. The van der Waals surface area contributed by atoms with Crippen LogP contribution in [0.5, 0.6) is 0 Å². The highest BCUT2D eigenvalue weighted by Crippen LogP contribution is 2.56. The summed E-state index contributed by atoms with van der Waals surface area (Å²) >= 11 is 0. The standard InChI is InChI=1S/C41H47N3O6/c1-40(19-9-5-6-16-37(47)50-44-35(45)17-18-36(44)46)32-24-34-26(12-10-20-42(34)3)22-30(32)38(28-14-7-8-15-29(28)39(48)49)31-23-27-13-11-21-43(4)41(27,2)25-33(31)40/h7-8,14-15,22-25H,5-6,9-13,16-21H2,1-4H3,(H,48,49). The third-order valence-electron chi connectivity index (χ3n) is 11.9. The van der Waals surface area contributed by atoms with E-state index in [2.05, 4.69) is 62.0 Å². The zero-order valence-electron chi connectivity index (χ0n) is 29.6. The monoisotopic (exact) mass is 677 g/mol.